The molecule has 10 nitrogen and oxygen atoms in total. The highest BCUT2D eigenvalue weighted by Crippen LogP contribution is 2.25. The monoisotopic (exact) mass is 325 g/mol. The van der Waals surface area contributed by atoms with Crippen molar-refractivity contribution in [2.45, 2.75) is 0 Å². The molecule has 0 spiro atoms. The summed E-state index contributed by atoms with van der Waals surface area (Å²) in [6.45, 7) is 2.68. The topological polar surface area (TPSA) is 142 Å². The van der Waals surface area contributed by atoms with Gasteiger partial charge in [0.15, 0.2) is 17.0 Å². The summed E-state index contributed by atoms with van der Waals surface area (Å²) in [6.07, 6.45) is 4.81. The largest absolute Gasteiger partial charge is 0.378 e. The second-order valence-electron chi connectivity index (χ2n) is 5.26. The molecule has 1 aliphatic rings. The van der Waals surface area contributed by atoms with Crippen LogP contribution in [0.3, 0.4) is 0 Å². The van der Waals surface area contributed by atoms with E-state index in [0.717, 1.165) is 0 Å². The Morgan fingerprint density at radius 3 is 2.38 bits per heavy atom. The summed E-state index contributed by atoms with van der Waals surface area (Å²) in [5.74, 6) is 1.03. The molecule has 0 unspecified atom stereocenters. The van der Waals surface area contributed by atoms with E-state index in [0.29, 0.717) is 54.5 Å². The van der Waals surface area contributed by atoms with Gasteiger partial charge < -0.3 is 21.1 Å². The molecule has 0 aliphatic carbocycles. The Morgan fingerprint density at radius 1 is 0.875 bits per heavy atom. The molecule has 1 fully saturated rings. The fourth-order valence-corrected chi connectivity index (χ4v) is 2.51. The minimum atomic E-state index is 0.168. The number of hydrogen-bond acceptors (Lipinski definition) is 10. The van der Waals surface area contributed by atoms with Crippen molar-refractivity contribution in [2.75, 3.05) is 42.7 Å². The molecule has 10 heteroatoms. The smallest absolute Gasteiger partial charge is 0.224 e. The number of ether oxygens (including phenoxy) is 1. The van der Waals surface area contributed by atoms with Crippen molar-refractivity contribution in [1.29, 1.82) is 0 Å². The minimum absolute atomic E-state index is 0.168. The zero-order valence-corrected chi connectivity index (χ0v) is 12.8. The lowest BCUT2D eigenvalue weighted by Crippen LogP contribution is -2.37. The summed E-state index contributed by atoms with van der Waals surface area (Å²) < 4.78 is 5.39. The number of rotatable bonds is 2. The van der Waals surface area contributed by atoms with Crippen molar-refractivity contribution in [3.8, 4) is 11.3 Å². The summed E-state index contributed by atoms with van der Waals surface area (Å²) in [6, 6.07) is 0. The average Bonchev–Trinajstić information content (AvgIpc) is 2.62. The Balaban J connectivity index is 1.85. The molecule has 4 heterocycles. The van der Waals surface area contributed by atoms with Crippen LogP contribution in [0.15, 0.2) is 18.6 Å². The number of nitrogens with zero attached hydrogens (tertiary/aromatic N) is 7. The summed E-state index contributed by atoms with van der Waals surface area (Å²) in [7, 11) is 0. The van der Waals surface area contributed by atoms with Gasteiger partial charge in [0.1, 0.15) is 0 Å². The summed E-state index contributed by atoms with van der Waals surface area (Å²) in [5.41, 5.74) is 13.7. The zero-order valence-electron chi connectivity index (χ0n) is 12.8. The van der Waals surface area contributed by atoms with E-state index in [1.54, 1.807) is 18.6 Å². The molecule has 0 saturated carbocycles. The predicted octanol–water partition coefficient (Wildman–Crippen LogP) is -0.122. The fourth-order valence-electron chi connectivity index (χ4n) is 2.51. The highest BCUT2D eigenvalue weighted by molar-refractivity contribution is 5.85. The Labute approximate surface area is 136 Å². The first-order chi connectivity index (χ1) is 11.7. The molecule has 0 aromatic carbocycles. The molecule has 0 bridgehead atoms. The predicted molar refractivity (Wildman–Crippen MR) is 88.0 cm³/mol. The SMILES string of the molecule is Nc1ncc(-c2cnc3nc(N)nc(N4CCOCC4)c3n2)cn1. The molecule has 3 aromatic rings. The molecule has 24 heavy (non-hydrogen) atoms. The highest BCUT2D eigenvalue weighted by atomic mass is 16.5. The molecule has 0 amide bonds. The van der Waals surface area contributed by atoms with Gasteiger partial charge in [0.2, 0.25) is 11.9 Å². The molecule has 122 valence electrons. The molecule has 1 aliphatic heterocycles. The van der Waals surface area contributed by atoms with E-state index in [-0.39, 0.29) is 11.9 Å². The molecular formula is C14H15N9O. The van der Waals surface area contributed by atoms with Gasteiger partial charge >= 0.3 is 0 Å². The van der Waals surface area contributed by atoms with Gasteiger partial charge in [0.25, 0.3) is 0 Å². The molecular weight excluding hydrogens is 310 g/mol. The molecule has 1 saturated heterocycles. The minimum Gasteiger partial charge on any atom is -0.378 e. The van der Waals surface area contributed by atoms with Crippen molar-refractivity contribution < 1.29 is 4.74 Å². The first kappa shape index (κ1) is 14.5. The molecule has 0 radical (unpaired) electrons. The van der Waals surface area contributed by atoms with Gasteiger partial charge in [-0.3, -0.25) is 0 Å². The van der Waals surface area contributed by atoms with Crippen LogP contribution in [0.5, 0.6) is 0 Å². The number of fused-ring (bicyclic) bond motifs is 1. The van der Waals surface area contributed by atoms with Gasteiger partial charge in [-0.15, -0.1) is 0 Å². The third kappa shape index (κ3) is 2.63. The molecule has 3 aromatic heterocycles. The number of nitrogen functional groups attached to an aromatic ring is 2. The molecule has 0 atom stereocenters. The first-order valence-electron chi connectivity index (χ1n) is 7.41. The second-order valence-corrected chi connectivity index (χ2v) is 5.26. The van der Waals surface area contributed by atoms with E-state index in [9.17, 15) is 0 Å². The quantitative estimate of drug-likeness (QED) is 0.654. The third-order valence-electron chi connectivity index (χ3n) is 3.68. The summed E-state index contributed by atoms with van der Waals surface area (Å²) in [4.78, 5) is 27.6. The molecule has 4 N–H and O–H groups in total. The lowest BCUT2D eigenvalue weighted by Gasteiger charge is -2.28. The average molecular weight is 325 g/mol. The van der Waals surface area contributed by atoms with Crippen LogP contribution >= 0.6 is 0 Å². The molecule has 4 rings (SSSR count). The number of nitrogens with two attached hydrogens (primary N) is 2. The van der Waals surface area contributed by atoms with Crippen molar-refractivity contribution in [1.82, 2.24) is 29.9 Å². The van der Waals surface area contributed by atoms with Crippen LogP contribution in [0, 0.1) is 0 Å². The van der Waals surface area contributed by atoms with Gasteiger partial charge in [-0.05, 0) is 0 Å². The van der Waals surface area contributed by atoms with Gasteiger partial charge in [-0.2, -0.15) is 9.97 Å². The van der Waals surface area contributed by atoms with E-state index in [2.05, 4.69) is 34.8 Å². The third-order valence-corrected chi connectivity index (χ3v) is 3.68. The van der Waals surface area contributed by atoms with Crippen molar-refractivity contribution in [2.24, 2.45) is 0 Å². The Bertz CT molecular complexity index is 877. The summed E-state index contributed by atoms with van der Waals surface area (Å²) >= 11 is 0. The Hall–Kier alpha value is -3.14. The van der Waals surface area contributed by atoms with Crippen LogP contribution in [0.2, 0.25) is 0 Å². The van der Waals surface area contributed by atoms with Crippen molar-refractivity contribution in [3.63, 3.8) is 0 Å². The van der Waals surface area contributed by atoms with Crippen LogP contribution in [-0.4, -0.2) is 56.2 Å². The standard InChI is InChI=1S/C14H15N9O/c15-13-18-5-8(6-19-13)9-7-17-11-10(20-9)12(22-14(16)21-11)23-1-3-24-4-2-23/h5-7H,1-4H2,(H2,15,18,19)(H2,16,17,21,22). The van der Waals surface area contributed by atoms with Gasteiger partial charge in [0, 0.05) is 31.0 Å². The number of anilines is 3. The van der Waals surface area contributed by atoms with Gasteiger partial charge in [0.05, 0.1) is 25.1 Å². The fraction of sp³-hybridized carbons (Fsp3) is 0.286. The van der Waals surface area contributed by atoms with Crippen molar-refractivity contribution >= 4 is 28.9 Å². The van der Waals surface area contributed by atoms with Crippen LogP contribution in [0.1, 0.15) is 0 Å². The number of aromatic nitrogens is 6. The maximum absolute atomic E-state index is 5.82. The highest BCUT2D eigenvalue weighted by Gasteiger charge is 2.19. The summed E-state index contributed by atoms with van der Waals surface area (Å²) in [5, 5.41) is 0. The Morgan fingerprint density at radius 2 is 1.62 bits per heavy atom. The number of hydrogen-bond donors (Lipinski definition) is 2. The lowest BCUT2D eigenvalue weighted by molar-refractivity contribution is 0.122. The second kappa shape index (κ2) is 5.81. The number of morpholine rings is 1. The van der Waals surface area contributed by atoms with Gasteiger partial charge in [-0.1, -0.05) is 0 Å². The lowest BCUT2D eigenvalue weighted by atomic mass is 10.2. The van der Waals surface area contributed by atoms with E-state index in [4.69, 9.17) is 16.2 Å². The van der Waals surface area contributed by atoms with Crippen LogP contribution < -0.4 is 16.4 Å². The Kier molecular flexibility index (Phi) is 3.50. The van der Waals surface area contributed by atoms with Gasteiger partial charge in [-0.25, -0.2) is 19.9 Å². The maximum Gasteiger partial charge on any atom is 0.224 e. The van der Waals surface area contributed by atoms with E-state index in [1.807, 2.05) is 0 Å². The maximum atomic E-state index is 5.82. The first-order valence-corrected chi connectivity index (χ1v) is 7.41. The van der Waals surface area contributed by atoms with Crippen LogP contribution in [0.25, 0.3) is 22.4 Å². The van der Waals surface area contributed by atoms with E-state index < -0.39 is 0 Å². The van der Waals surface area contributed by atoms with E-state index in [1.165, 1.54) is 0 Å². The normalized spacial score (nSPS) is 14.9. The van der Waals surface area contributed by atoms with Crippen LogP contribution in [0.4, 0.5) is 17.7 Å². The zero-order chi connectivity index (χ0) is 16.5. The van der Waals surface area contributed by atoms with E-state index >= 15 is 0 Å². The van der Waals surface area contributed by atoms with Crippen LogP contribution in [-0.2, 0) is 4.74 Å². The van der Waals surface area contributed by atoms with Crippen molar-refractivity contribution in [3.05, 3.63) is 18.6 Å².